The van der Waals surface area contributed by atoms with Crippen molar-refractivity contribution in [3.05, 3.63) is 46.5 Å². The van der Waals surface area contributed by atoms with Gasteiger partial charge in [0.15, 0.2) is 23.0 Å². The first-order valence-electron chi connectivity index (χ1n) is 18.1. The van der Waals surface area contributed by atoms with Crippen molar-refractivity contribution in [1.82, 2.24) is 20.4 Å². The average molecular weight is 746 g/mol. The molecule has 2 aliphatic heterocycles. The highest BCUT2D eigenvalue weighted by molar-refractivity contribution is 5.85. The van der Waals surface area contributed by atoms with Gasteiger partial charge < -0.3 is 30.3 Å². The fourth-order valence-corrected chi connectivity index (χ4v) is 8.23. The predicted molar refractivity (Wildman–Crippen MR) is 206 cm³/mol. The first kappa shape index (κ1) is 44.3. The summed E-state index contributed by atoms with van der Waals surface area (Å²) >= 11 is 0. The highest BCUT2D eigenvalue weighted by Crippen LogP contribution is 2.44. The number of phenols is 2. The summed E-state index contributed by atoms with van der Waals surface area (Å²) in [7, 11) is 4.39. The van der Waals surface area contributed by atoms with Crippen LogP contribution in [0.2, 0.25) is 0 Å². The normalized spacial score (nSPS) is 21.3. The zero-order chi connectivity index (χ0) is 36.2. The van der Waals surface area contributed by atoms with Crippen LogP contribution >= 0.6 is 12.4 Å². The van der Waals surface area contributed by atoms with E-state index in [4.69, 9.17) is 14.3 Å². The van der Waals surface area contributed by atoms with E-state index in [1.165, 1.54) is 83.5 Å². The number of halogens is 1. The molecule has 6 rings (SSSR count). The molecular formula is C39H60ClN5O7. The zero-order valence-corrected chi connectivity index (χ0v) is 31.5. The van der Waals surface area contributed by atoms with Crippen molar-refractivity contribution in [3.8, 4) is 23.0 Å². The molecule has 52 heavy (non-hydrogen) atoms. The molecule has 12 nitrogen and oxygen atoms in total. The van der Waals surface area contributed by atoms with Crippen LogP contribution in [0.25, 0.3) is 0 Å². The number of hydrogen-bond donors (Lipinski definition) is 4. The molecule has 0 bridgehead atoms. The standard InChI is InChI=1S/C20H29N3O4.C16H23NO2.C2H3NO.CH4.ClH/c1-4-9-23-10-5-6-14-11-15-13(12-16(14)23)7-8-17(26-19(24)21-2)18(15)27-20(25)22-3;1-2-7-17-8-3-4-12-9-13-11(10-14(12)17)5-6-15(18)16(13)19;1-3-2-4;;/h7-8,14,16H,4-6,9-12H2,1-3H3,(H,21,24)(H,22,25);5-6,12,14,18-19H,2-4,7-10H2,1H3;1H3;1H4;1H/t14-,16-;12-,14-;;;/m11.../s1. The molecule has 4 atom stereocenters. The molecule has 13 heteroatoms. The maximum atomic E-state index is 11.9. The number of nitrogens with zero attached hydrogens (tertiary/aromatic N) is 3. The number of likely N-dealkylation sites (tertiary alicyclic amines) is 2. The number of carbonyl (C=O) groups excluding carboxylic acids is 3. The molecule has 2 amide bonds. The molecule has 0 aromatic heterocycles. The lowest BCUT2D eigenvalue weighted by Gasteiger charge is -2.45. The monoisotopic (exact) mass is 745 g/mol. The number of benzene rings is 2. The van der Waals surface area contributed by atoms with Gasteiger partial charge in [0.1, 0.15) is 0 Å². The van der Waals surface area contributed by atoms with Crippen LogP contribution in [0, 0.1) is 11.8 Å². The van der Waals surface area contributed by atoms with Crippen LogP contribution in [0.4, 0.5) is 9.59 Å². The molecule has 2 fully saturated rings. The van der Waals surface area contributed by atoms with Crippen molar-refractivity contribution >= 4 is 30.7 Å². The van der Waals surface area contributed by atoms with Gasteiger partial charge in [-0.05, 0) is 125 Å². The molecule has 290 valence electrons. The smallest absolute Gasteiger partial charge is 0.412 e. The minimum Gasteiger partial charge on any atom is -0.504 e. The van der Waals surface area contributed by atoms with Crippen LogP contribution in [-0.4, -0.2) is 97.7 Å². The lowest BCUT2D eigenvalue weighted by molar-refractivity contribution is 0.0848. The molecular weight excluding hydrogens is 686 g/mol. The number of isocyanates is 1. The SMILES string of the molecule is C.CCCN1CCC[C@@H]2Cc3c(ccc(O)c3O)C[C@H]21.CCCN1CCC[C@@H]2Cc3c(ccc(OC(=O)NC)c3OC(=O)NC)C[C@H]21.CN=C=O.Cl. The van der Waals surface area contributed by atoms with Crippen molar-refractivity contribution in [1.29, 1.82) is 0 Å². The number of carbonyl (C=O) groups is 2. The van der Waals surface area contributed by atoms with E-state index in [0.717, 1.165) is 56.3 Å². The van der Waals surface area contributed by atoms with Gasteiger partial charge in [0.05, 0.1) is 0 Å². The minimum atomic E-state index is -0.586. The molecule has 2 heterocycles. The van der Waals surface area contributed by atoms with Gasteiger partial charge >= 0.3 is 12.2 Å². The third-order valence-electron chi connectivity index (χ3n) is 10.5. The Labute approximate surface area is 315 Å². The summed E-state index contributed by atoms with van der Waals surface area (Å²) in [6, 6.07) is 8.50. The Bertz CT molecular complexity index is 1510. The van der Waals surface area contributed by atoms with Gasteiger partial charge in [0, 0.05) is 44.4 Å². The Kier molecular flexibility index (Phi) is 18.4. The quantitative estimate of drug-likeness (QED) is 0.149. The summed E-state index contributed by atoms with van der Waals surface area (Å²) in [5.74, 6) is 1.94. The Morgan fingerprint density at radius 1 is 0.827 bits per heavy atom. The van der Waals surface area contributed by atoms with E-state index in [-0.39, 0.29) is 37.1 Å². The van der Waals surface area contributed by atoms with Crippen LogP contribution in [0.5, 0.6) is 23.0 Å². The number of amides is 2. The van der Waals surface area contributed by atoms with Crippen molar-refractivity contribution < 1.29 is 34.1 Å². The molecule has 0 saturated carbocycles. The topological polar surface area (TPSA) is 153 Å². The van der Waals surface area contributed by atoms with Gasteiger partial charge in [-0.3, -0.25) is 9.80 Å². The molecule has 2 aromatic carbocycles. The molecule has 4 N–H and O–H groups in total. The number of aromatic hydroxyl groups is 2. The molecule has 2 saturated heterocycles. The molecule has 0 spiro atoms. The molecule has 2 aromatic rings. The number of fused-ring (bicyclic) bond motifs is 4. The number of nitrogens with one attached hydrogen (secondary N) is 2. The molecule has 0 unspecified atom stereocenters. The summed E-state index contributed by atoms with van der Waals surface area (Å²) in [5.41, 5.74) is 4.36. The molecule has 0 radical (unpaired) electrons. The third-order valence-corrected chi connectivity index (χ3v) is 10.5. The highest BCUT2D eigenvalue weighted by atomic mass is 35.5. The second-order valence-electron chi connectivity index (χ2n) is 13.5. The van der Waals surface area contributed by atoms with Gasteiger partial charge in [0.2, 0.25) is 6.08 Å². The Morgan fingerprint density at radius 2 is 1.31 bits per heavy atom. The number of piperidine rings is 2. The zero-order valence-electron chi connectivity index (χ0n) is 30.7. The van der Waals surface area contributed by atoms with Crippen LogP contribution in [0.15, 0.2) is 29.3 Å². The van der Waals surface area contributed by atoms with E-state index in [0.29, 0.717) is 29.7 Å². The lowest BCUT2D eigenvalue weighted by Crippen LogP contribution is -2.49. The van der Waals surface area contributed by atoms with E-state index in [9.17, 15) is 19.8 Å². The van der Waals surface area contributed by atoms with Crippen molar-refractivity contribution in [2.24, 2.45) is 16.8 Å². The number of rotatable bonds is 6. The van der Waals surface area contributed by atoms with Crippen LogP contribution in [0.3, 0.4) is 0 Å². The number of aliphatic imine (C=N–C) groups is 1. The highest BCUT2D eigenvalue weighted by Gasteiger charge is 2.38. The summed E-state index contributed by atoms with van der Waals surface area (Å²) < 4.78 is 10.9. The molecule has 4 aliphatic rings. The number of ether oxygens (including phenoxy) is 2. The van der Waals surface area contributed by atoms with E-state index >= 15 is 0 Å². The van der Waals surface area contributed by atoms with Gasteiger partial charge in [0.25, 0.3) is 0 Å². The van der Waals surface area contributed by atoms with E-state index in [2.05, 4.69) is 39.3 Å². The summed E-state index contributed by atoms with van der Waals surface area (Å²) in [6.07, 6.45) is 11.1. The van der Waals surface area contributed by atoms with E-state index < -0.39 is 12.2 Å². The largest absolute Gasteiger partial charge is 0.504 e. The predicted octanol–water partition coefficient (Wildman–Crippen LogP) is 6.41. The number of phenolic OH excluding ortho intramolecular Hbond substituents is 2. The van der Waals surface area contributed by atoms with E-state index in [1.807, 2.05) is 12.1 Å². The second kappa shape index (κ2) is 21.6. The van der Waals surface area contributed by atoms with Crippen molar-refractivity contribution in [2.75, 3.05) is 47.3 Å². The van der Waals surface area contributed by atoms with Crippen LogP contribution < -0.4 is 20.1 Å². The van der Waals surface area contributed by atoms with Gasteiger partial charge in [-0.25, -0.2) is 19.4 Å². The Hall–Kier alpha value is -3.83. The van der Waals surface area contributed by atoms with Crippen molar-refractivity contribution in [3.63, 3.8) is 0 Å². The van der Waals surface area contributed by atoms with Crippen molar-refractivity contribution in [2.45, 2.75) is 97.6 Å². The fourth-order valence-electron chi connectivity index (χ4n) is 8.23. The van der Waals surface area contributed by atoms with Crippen LogP contribution in [0.1, 0.15) is 82.1 Å². The average Bonchev–Trinajstić information content (AvgIpc) is 3.13. The van der Waals surface area contributed by atoms with Crippen LogP contribution in [-0.2, 0) is 30.5 Å². The lowest BCUT2D eigenvalue weighted by atomic mass is 9.75. The maximum Gasteiger partial charge on any atom is 0.412 e. The Morgan fingerprint density at radius 3 is 1.81 bits per heavy atom. The summed E-state index contributed by atoms with van der Waals surface area (Å²) in [4.78, 5) is 40.6. The second-order valence-corrected chi connectivity index (χ2v) is 13.5. The summed E-state index contributed by atoms with van der Waals surface area (Å²) in [5, 5.41) is 24.6. The first-order valence-corrected chi connectivity index (χ1v) is 18.1. The third kappa shape index (κ3) is 10.9. The fraction of sp³-hybridized carbons (Fsp3) is 0.615. The van der Waals surface area contributed by atoms with Gasteiger partial charge in [-0.1, -0.05) is 33.4 Å². The van der Waals surface area contributed by atoms with Gasteiger partial charge in [-0.15, -0.1) is 12.4 Å². The minimum absolute atomic E-state index is 0. The summed E-state index contributed by atoms with van der Waals surface area (Å²) in [6.45, 7) is 9.14. The Balaban J connectivity index is 0.000000328. The number of hydrogen-bond acceptors (Lipinski definition) is 10. The van der Waals surface area contributed by atoms with E-state index in [1.54, 1.807) is 12.1 Å². The van der Waals surface area contributed by atoms with Gasteiger partial charge in [-0.2, -0.15) is 0 Å². The maximum absolute atomic E-state index is 11.9. The first-order chi connectivity index (χ1) is 24.2. The molecule has 2 aliphatic carbocycles.